The Morgan fingerprint density at radius 1 is 1.15 bits per heavy atom. The molecule has 2 aromatic carbocycles. The number of carboxylic acid groups (broad SMARTS) is 1. The fourth-order valence-corrected chi connectivity index (χ4v) is 4.76. The van der Waals surface area contributed by atoms with Crippen LogP contribution in [-0.2, 0) is 14.8 Å². The highest BCUT2D eigenvalue weighted by molar-refractivity contribution is 7.88. The van der Waals surface area contributed by atoms with E-state index in [1.165, 1.54) is 28.6 Å². The van der Waals surface area contributed by atoms with Crippen molar-refractivity contribution in [3.63, 3.8) is 0 Å². The van der Waals surface area contributed by atoms with E-state index >= 15 is 0 Å². The molecule has 7 heteroatoms. The molecule has 0 spiro atoms. The van der Waals surface area contributed by atoms with Crippen molar-refractivity contribution < 1.29 is 22.7 Å². The lowest BCUT2D eigenvalue weighted by molar-refractivity contribution is -0.133. The molecule has 5 nitrogen and oxygen atoms in total. The molecular formula is C20H20FNO4S. The Balaban J connectivity index is 2.21. The third-order valence-corrected chi connectivity index (χ3v) is 5.90. The van der Waals surface area contributed by atoms with Crippen molar-refractivity contribution in [1.82, 2.24) is 4.31 Å². The van der Waals surface area contributed by atoms with Gasteiger partial charge in [0.05, 0.1) is 23.9 Å². The van der Waals surface area contributed by atoms with Crippen LogP contribution in [0, 0.1) is 12.7 Å². The molecule has 0 radical (unpaired) electrons. The second kappa shape index (κ2) is 7.25. The van der Waals surface area contributed by atoms with Gasteiger partial charge in [-0.1, -0.05) is 48.0 Å². The molecule has 2 aromatic rings. The number of halogens is 1. The second-order valence-corrected chi connectivity index (χ2v) is 8.56. The van der Waals surface area contributed by atoms with Crippen LogP contribution in [0.1, 0.15) is 35.2 Å². The molecular weight excluding hydrogens is 369 g/mol. The van der Waals surface area contributed by atoms with Gasteiger partial charge in [0.1, 0.15) is 5.82 Å². The van der Waals surface area contributed by atoms with Crippen molar-refractivity contribution in [2.45, 2.75) is 25.4 Å². The Hall–Kier alpha value is -2.51. The van der Waals surface area contributed by atoms with Crippen LogP contribution in [0.15, 0.2) is 60.2 Å². The molecule has 142 valence electrons. The summed E-state index contributed by atoms with van der Waals surface area (Å²) in [6.07, 6.45) is 2.80. The van der Waals surface area contributed by atoms with E-state index in [4.69, 9.17) is 0 Å². The average molecular weight is 389 g/mol. The summed E-state index contributed by atoms with van der Waals surface area (Å²) in [6.45, 7) is 1.93. The van der Waals surface area contributed by atoms with Crippen LogP contribution in [0.3, 0.4) is 0 Å². The summed E-state index contributed by atoms with van der Waals surface area (Å²) in [5.74, 6) is -1.77. The lowest BCUT2D eigenvalue weighted by atomic mass is 9.89. The van der Waals surface area contributed by atoms with Gasteiger partial charge in [-0.15, -0.1) is 0 Å². The summed E-state index contributed by atoms with van der Waals surface area (Å²) >= 11 is 0. The van der Waals surface area contributed by atoms with Crippen molar-refractivity contribution in [3.8, 4) is 0 Å². The molecule has 0 saturated carbocycles. The van der Waals surface area contributed by atoms with Crippen molar-refractivity contribution in [2.75, 3.05) is 6.26 Å². The van der Waals surface area contributed by atoms with E-state index in [1.807, 2.05) is 31.2 Å². The van der Waals surface area contributed by atoms with Crippen molar-refractivity contribution in [1.29, 1.82) is 0 Å². The number of aliphatic carboxylic acids is 1. The van der Waals surface area contributed by atoms with E-state index in [9.17, 15) is 22.7 Å². The lowest BCUT2D eigenvalue weighted by Gasteiger charge is -2.40. The molecule has 1 heterocycles. The maximum Gasteiger partial charge on any atom is 0.333 e. The standard InChI is InChI=1S/C20H20FNO4S/c1-13-6-8-14(9-7-13)18-11-10-17(20(23)24)19(22(18)27(2,25)26)15-4-3-5-16(21)12-15/h3-10,12,18-19H,11H2,1-2H3,(H,23,24)/t18-,19-/m0/s1. The van der Waals surface area contributed by atoms with Crippen molar-refractivity contribution >= 4 is 16.0 Å². The van der Waals surface area contributed by atoms with Gasteiger partial charge in [-0.2, -0.15) is 4.31 Å². The molecule has 1 aliphatic rings. The van der Waals surface area contributed by atoms with Gasteiger partial charge < -0.3 is 5.11 Å². The topological polar surface area (TPSA) is 74.7 Å². The third-order valence-electron chi connectivity index (χ3n) is 4.67. The van der Waals surface area contributed by atoms with Crippen LogP contribution in [0.25, 0.3) is 0 Å². The first-order valence-corrected chi connectivity index (χ1v) is 10.3. The monoisotopic (exact) mass is 389 g/mol. The third kappa shape index (κ3) is 3.94. The predicted molar refractivity (Wildman–Crippen MR) is 100 cm³/mol. The Morgan fingerprint density at radius 2 is 1.81 bits per heavy atom. The summed E-state index contributed by atoms with van der Waals surface area (Å²) < 4.78 is 40.4. The minimum absolute atomic E-state index is 0.0746. The average Bonchev–Trinajstić information content (AvgIpc) is 2.60. The molecule has 3 rings (SSSR count). The first kappa shape index (κ1) is 19.3. The molecule has 0 fully saturated rings. The molecule has 27 heavy (non-hydrogen) atoms. The highest BCUT2D eigenvalue weighted by atomic mass is 32.2. The number of hydrogen-bond acceptors (Lipinski definition) is 3. The van der Waals surface area contributed by atoms with Crippen LogP contribution < -0.4 is 0 Å². The zero-order valence-corrected chi connectivity index (χ0v) is 15.8. The van der Waals surface area contributed by atoms with E-state index in [0.717, 1.165) is 17.4 Å². The largest absolute Gasteiger partial charge is 0.478 e. The number of benzene rings is 2. The van der Waals surface area contributed by atoms with E-state index in [0.29, 0.717) is 0 Å². The summed E-state index contributed by atoms with van der Waals surface area (Å²) in [6, 6.07) is 11.1. The van der Waals surface area contributed by atoms with Crippen molar-refractivity contribution in [2.24, 2.45) is 0 Å². The number of aryl methyl sites for hydroxylation is 1. The van der Waals surface area contributed by atoms with Gasteiger partial charge >= 0.3 is 5.97 Å². The number of hydrogen-bond donors (Lipinski definition) is 1. The van der Waals surface area contributed by atoms with Crippen LogP contribution in [0.5, 0.6) is 0 Å². The van der Waals surface area contributed by atoms with Gasteiger partial charge in [-0.25, -0.2) is 17.6 Å². The van der Waals surface area contributed by atoms with E-state index in [2.05, 4.69) is 0 Å². The Labute approximate surface area is 157 Å². The SMILES string of the molecule is Cc1ccc([C@@H]2CC=C(C(=O)O)[C@H](c3cccc(F)c3)N2S(C)(=O)=O)cc1. The number of carbonyl (C=O) groups is 1. The minimum Gasteiger partial charge on any atom is -0.478 e. The Morgan fingerprint density at radius 3 is 2.37 bits per heavy atom. The summed E-state index contributed by atoms with van der Waals surface area (Å²) in [4.78, 5) is 11.8. The number of nitrogens with zero attached hydrogens (tertiary/aromatic N) is 1. The number of rotatable bonds is 4. The van der Waals surface area contributed by atoms with Gasteiger partial charge in [0.15, 0.2) is 0 Å². The first-order chi connectivity index (χ1) is 12.7. The Kier molecular flexibility index (Phi) is 5.17. The first-order valence-electron chi connectivity index (χ1n) is 8.42. The zero-order chi connectivity index (χ0) is 19.8. The summed E-state index contributed by atoms with van der Waals surface area (Å²) in [7, 11) is -3.80. The van der Waals surface area contributed by atoms with Gasteiger partial charge in [-0.3, -0.25) is 0 Å². The lowest BCUT2D eigenvalue weighted by Crippen LogP contribution is -2.41. The molecule has 0 bridgehead atoms. The van der Waals surface area contributed by atoms with Gasteiger partial charge in [0.25, 0.3) is 0 Å². The summed E-state index contributed by atoms with van der Waals surface area (Å²) in [5, 5.41) is 9.63. The van der Waals surface area contributed by atoms with Gasteiger partial charge in [-0.05, 0) is 36.6 Å². The molecule has 1 N–H and O–H groups in total. The molecule has 0 amide bonds. The van der Waals surface area contributed by atoms with Crippen LogP contribution in [-0.4, -0.2) is 30.1 Å². The maximum atomic E-state index is 13.8. The van der Waals surface area contributed by atoms with Gasteiger partial charge in [0, 0.05) is 0 Å². The van der Waals surface area contributed by atoms with E-state index in [-0.39, 0.29) is 17.6 Å². The maximum absolute atomic E-state index is 13.8. The zero-order valence-electron chi connectivity index (χ0n) is 15.0. The van der Waals surface area contributed by atoms with E-state index < -0.39 is 33.9 Å². The second-order valence-electron chi connectivity index (χ2n) is 6.68. The smallest absolute Gasteiger partial charge is 0.333 e. The highest BCUT2D eigenvalue weighted by Gasteiger charge is 2.42. The molecule has 0 unspecified atom stereocenters. The normalized spacial score (nSPS) is 20.9. The fraction of sp³-hybridized carbons (Fsp3) is 0.250. The quantitative estimate of drug-likeness (QED) is 0.867. The van der Waals surface area contributed by atoms with Crippen LogP contribution in [0.2, 0.25) is 0 Å². The van der Waals surface area contributed by atoms with Gasteiger partial charge in [0.2, 0.25) is 10.0 Å². The molecule has 1 aliphatic heterocycles. The van der Waals surface area contributed by atoms with E-state index in [1.54, 1.807) is 6.07 Å². The highest BCUT2D eigenvalue weighted by Crippen LogP contribution is 2.43. The molecule has 0 aromatic heterocycles. The van der Waals surface area contributed by atoms with Crippen LogP contribution in [0.4, 0.5) is 4.39 Å². The fourth-order valence-electron chi connectivity index (χ4n) is 3.47. The Bertz CT molecular complexity index is 999. The predicted octanol–water partition coefficient (Wildman–Crippen LogP) is 3.59. The molecule has 0 aliphatic carbocycles. The van der Waals surface area contributed by atoms with Crippen molar-refractivity contribution in [3.05, 3.63) is 82.7 Å². The molecule has 0 saturated heterocycles. The number of sulfonamides is 1. The number of carboxylic acids is 1. The van der Waals surface area contributed by atoms with Crippen LogP contribution >= 0.6 is 0 Å². The summed E-state index contributed by atoms with van der Waals surface area (Å²) in [5.41, 5.74) is 2.00. The molecule has 2 atom stereocenters. The minimum atomic E-state index is -3.80.